The van der Waals surface area contributed by atoms with E-state index in [1.807, 2.05) is 24.4 Å². The maximum atomic E-state index is 11.9. The average molecular weight is 475 g/mol. The van der Waals surface area contributed by atoms with Crippen LogP contribution < -0.4 is 20.3 Å². The number of nitrogens with one attached hydrogen (secondary N) is 2. The van der Waals surface area contributed by atoms with Gasteiger partial charge in [0.15, 0.2) is 0 Å². The maximum Gasteiger partial charge on any atom is 0.251 e. The van der Waals surface area contributed by atoms with Crippen LogP contribution in [0, 0.1) is 5.92 Å². The predicted molar refractivity (Wildman–Crippen MR) is 139 cm³/mol. The fourth-order valence-electron chi connectivity index (χ4n) is 4.23. The summed E-state index contributed by atoms with van der Waals surface area (Å²) in [6.45, 7) is 5.02. The lowest BCUT2D eigenvalue weighted by atomic mass is 9.98. The van der Waals surface area contributed by atoms with Crippen molar-refractivity contribution in [2.24, 2.45) is 5.92 Å². The normalized spacial score (nSPS) is 14.7. The van der Waals surface area contributed by atoms with E-state index < -0.39 is 0 Å². The van der Waals surface area contributed by atoms with Crippen molar-refractivity contribution in [2.45, 2.75) is 38.6 Å². The van der Waals surface area contributed by atoms with Crippen molar-refractivity contribution in [3.8, 4) is 17.0 Å². The van der Waals surface area contributed by atoms with E-state index >= 15 is 0 Å². The minimum atomic E-state index is -0.138. The summed E-state index contributed by atoms with van der Waals surface area (Å²) in [5, 5.41) is 6.04. The predicted octanol–water partition coefficient (Wildman–Crippen LogP) is 4.36. The molecule has 184 valence electrons. The summed E-state index contributed by atoms with van der Waals surface area (Å²) in [7, 11) is 5.34. The van der Waals surface area contributed by atoms with E-state index in [1.165, 1.54) is 12.8 Å². The van der Waals surface area contributed by atoms with E-state index in [9.17, 15) is 4.79 Å². The van der Waals surface area contributed by atoms with E-state index in [-0.39, 0.29) is 11.8 Å². The van der Waals surface area contributed by atoms with Crippen LogP contribution in [0.1, 0.15) is 48.5 Å². The number of aromatic nitrogens is 3. The number of amides is 1. The molecular weight excluding hydrogens is 440 g/mol. The van der Waals surface area contributed by atoms with Gasteiger partial charge in [0, 0.05) is 56.0 Å². The molecule has 0 radical (unpaired) electrons. The third kappa shape index (κ3) is 5.70. The molecule has 1 fully saturated rings. The first-order chi connectivity index (χ1) is 16.9. The van der Waals surface area contributed by atoms with Crippen LogP contribution in [0.25, 0.3) is 11.3 Å². The first-order valence-electron chi connectivity index (χ1n) is 12.1. The summed E-state index contributed by atoms with van der Waals surface area (Å²) >= 11 is 0. The molecule has 2 atom stereocenters. The van der Waals surface area contributed by atoms with E-state index in [0.29, 0.717) is 23.9 Å². The number of rotatable bonds is 10. The van der Waals surface area contributed by atoms with E-state index in [0.717, 1.165) is 34.4 Å². The number of ether oxygens (including phenoxy) is 1. The zero-order chi connectivity index (χ0) is 24.9. The van der Waals surface area contributed by atoms with E-state index in [1.54, 1.807) is 26.6 Å². The SMILES string of the molecule is CNC(=O)c1ccc(C(C)CNc2cc(-c3ccc(N(C)C(C)C4CC4)nc3)ncn2)c(OC)c1. The molecule has 0 aliphatic heterocycles. The standard InChI is InChI=1S/C27H34N6O2/c1-17(22-10-8-20(27(34)28-3)12-24(22)35-5)14-29-25-13-23(31-16-32-25)21-9-11-26(30-15-21)33(4)18(2)19-6-7-19/h8-13,15-19H,6-7,14H2,1-5H3,(H,28,34)(H,29,31,32). The second-order valence-electron chi connectivity index (χ2n) is 9.20. The number of carbonyl (C=O) groups excluding carboxylic acids is 1. The third-order valence-corrected chi connectivity index (χ3v) is 6.83. The molecule has 2 N–H and O–H groups in total. The molecule has 0 bridgehead atoms. The molecule has 0 spiro atoms. The summed E-state index contributed by atoms with van der Waals surface area (Å²) < 4.78 is 5.54. The van der Waals surface area contributed by atoms with Gasteiger partial charge < -0.3 is 20.3 Å². The van der Waals surface area contributed by atoms with E-state index in [4.69, 9.17) is 4.74 Å². The van der Waals surface area contributed by atoms with Crippen LogP contribution in [0.4, 0.5) is 11.6 Å². The molecule has 1 aromatic carbocycles. The van der Waals surface area contributed by atoms with Crippen molar-refractivity contribution in [3.63, 3.8) is 0 Å². The minimum Gasteiger partial charge on any atom is -0.496 e. The molecule has 1 saturated carbocycles. The molecule has 3 aromatic rings. The molecule has 8 heteroatoms. The van der Waals surface area contributed by atoms with Gasteiger partial charge in [-0.15, -0.1) is 0 Å². The number of hydrogen-bond acceptors (Lipinski definition) is 7. The summed E-state index contributed by atoms with van der Waals surface area (Å²) in [4.78, 5) is 27.7. The topological polar surface area (TPSA) is 92.3 Å². The van der Waals surface area contributed by atoms with Gasteiger partial charge in [0.2, 0.25) is 0 Å². The maximum absolute atomic E-state index is 11.9. The molecule has 2 unspecified atom stereocenters. The first kappa shape index (κ1) is 24.4. The Morgan fingerprint density at radius 2 is 1.94 bits per heavy atom. The third-order valence-electron chi connectivity index (χ3n) is 6.83. The molecule has 2 heterocycles. The minimum absolute atomic E-state index is 0.132. The van der Waals surface area contributed by atoms with Gasteiger partial charge in [-0.1, -0.05) is 13.0 Å². The van der Waals surface area contributed by atoms with Crippen molar-refractivity contribution in [2.75, 3.05) is 38.0 Å². The number of nitrogens with zero attached hydrogens (tertiary/aromatic N) is 4. The molecule has 2 aromatic heterocycles. The Bertz CT molecular complexity index is 1160. The Labute approximate surface area is 207 Å². The Kier molecular flexibility index (Phi) is 7.48. The fraction of sp³-hybridized carbons (Fsp3) is 0.407. The number of carbonyl (C=O) groups is 1. The zero-order valence-corrected chi connectivity index (χ0v) is 21.1. The van der Waals surface area contributed by atoms with Gasteiger partial charge >= 0.3 is 0 Å². The van der Waals surface area contributed by atoms with Crippen LogP contribution in [0.2, 0.25) is 0 Å². The van der Waals surface area contributed by atoms with Crippen LogP contribution >= 0.6 is 0 Å². The molecule has 1 aliphatic rings. The lowest BCUT2D eigenvalue weighted by Crippen LogP contribution is -2.31. The second kappa shape index (κ2) is 10.7. The highest BCUT2D eigenvalue weighted by atomic mass is 16.5. The van der Waals surface area contributed by atoms with Crippen LogP contribution in [-0.4, -0.2) is 54.7 Å². The van der Waals surface area contributed by atoms with Crippen LogP contribution in [-0.2, 0) is 0 Å². The molecule has 35 heavy (non-hydrogen) atoms. The van der Waals surface area contributed by atoms with E-state index in [2.05, 4.69) is 63.5 Å². The molecule has 1 amide bonds. The smallest absolute Gasteiger partial charge is 0.251 e. The molecule has 1 aliphatic carbocycles. The number of methoxy groups -OCH3 is 1. The van der Waals surface area contributed by atoms with Gasteiger partial charge in [-0.2, -0.15) is 0 Å². The Morgan fingerprint density at radius 3 is 2.60 bits per heavy atom. The van der Waals surface area contributed by atoms with Gasteiger partial charge in [0.25, 0.3) is 5.91 Å². The quantitative estimate of drug-likeness (QED) is 0.451. The average Bonchev–Trinajstić information content (AvgIpc) is 3.76. The molecule has 0 saturated heterocycles. The summed E-state index contributed by atoms with van der Waals surface area (Å²) in [6, 6.07) is 12.1. The van der Waals surface area contributed by atoms with Crippen LogP contribution in [0.3, 0.4) is 0 Å². The summed E-state index contributed by atoms with van der Waals surface area (Å²) in [5.41, 5.74) is 3.36. The summed E-state index contributed by atoms with van der Waals surface area (Å²) in [6.07, 6.45) is 6.06. The van der Waals surface area contributed by atoms with Crippen molar-refractivity contribution < 1.29 is 9.53 Å². The lowest BCUT2D eigenvalue weighted by molar-refractivity contribution is 0.0962. The number of pyridine rings is 1. The Hall–Kier alpha value is -3.68. The first-order valence-corrected chi connectivity index (χ1v) is 12.1. The largest absolute Gasteiger partial charge is 0.496 e. The number of benzene rings is 1. The van der Waals surface area contributed by atoms with Gasteiger partial charge in [-0.3, -0.25) is 4.79 Å². The van der Waals surface area contributed by atoms with Crippen molar-refractivity contribution >= 4 is 17.5 Å². The molecule has 8 nitrogen and oxygen atoms in total. The highest BCUT2D eigenvalue weighted by Gasteiger charge is 2.31. The highest BCUT2D eigenvalue weighted by Crippen LogP contribution is 2.36. The van der Waals surface area contributed by atoms with Gasteiger partial charge in [-0.25, -0.2) is 15.0 Å². The van der Waals surface area contributed by atoms with Crippen LogP contribution in [0.15, 0.2) is 48.9 Å². The monoisotopic (exact) mass is 474 g/mol. The molecular formula is C27H34N6O2. The Balaban J connectivity index is 1.42. The van der Waals surface area contributed by atoms with Gasteiger partial charge in [-0.05, 0) is 55.5 Å². The van der Waals surface area contributed by atoms with Gasteiger partial charge in [0.05, 0.1) is 12.8 Å². The number of anilines is 2. The second-order valence-corrected chi connectivity index (χ2v) is 9.20. The fourth-order valence-corrected chi connectivity index (χ4v) is 4.23. The van der Waals surface area contributed by atoms with Crippen LogP contribution in [0.5, 0.6) is 5.75 Å². The van der Waals surface area contributed by atoms with Crippen molar-refractivity contribution in [1.82, 2.24) is 20.3 Å². The van der Waals surface area contributed by atoms with Gasteiger partial charge in [0.1, 0.15) is 23.7 Å². The van der Waals surface area contributed by atoms with Crippen molar-refractivity contribution in [3.05, 3.63) is 60.0 Å². The molecule has 4 rings (SSSR count). The lowest BCUT2D eigenvalue weighted by Gasteiger charge is -2.26. The van der Waals surface area contributed by atoms with Crippen molar-refractivity contribution in [1.29, 1.82) is 0 Å². The zero-order valence-electron chi connectivity index (χ0n) is 21.1. The highest BCUT2D eigenvalue weighted by molar-refractivity contribution is 5.94. The summed E-state index contributed by atoms with van der Waals surface area (Å²) in [5.74, 6) is 3.19. The number of hydrogen-bond donors (Lipinski definition) is 2. The Morgan fingerprint density at radius 1 is 1.14 bits per heavy atom.